The van der Waals surface area contributed by atoms with Crippen LogP contribution in [-0.2, 0) is 19.3 Å². The smallest absolute Gasteiger partial charge is 0.323 e. The van der Waals surface area contributed by atoms with Gasteiger partial charge in [0.2, 0.25) is 0 Å². The molecular weight excluding hydrogens is 286 g/mol. The van der Waals surface area contributed by atoms with Gasteiger partial charge in [0.25, 0.3) is 0 Å². The van der Waals surface area contributed by atoms with Crippen molar-refractivity contribution in [3.63, 3.8) is 0 Å². The van der Waals surface area contributed by atoms with E-state index in [1.54, 1.807) is 0 Å². The summed E-state index contributed by atoms with van der Waals surface area (Å²) in [7, 11) is 0. The third kappa shape index (κ3) is 3.95. The van der Waals surface area contributed by atoms with Crippen molar-refractivity contribution in [2.24, 2.45) is 0 Å². The Morgan fingerprint density at radius 3 is 2.70 bits per heavy atom. The molecular formula is C19H25N3O. The first-order valence-corrected chi connectivity index (χ1v) is 8.62. The van der Waals surface area contributed by atoms with Crippen LogP contribution < -0.4 is 10.6 Å². The summed E-state index contributed by atoms with van der Waals surface area (Å²) in [6.45, 7) is 2.19. The van der Waals surface area contributed by atoms with E-state index in [0.717, 1.165) is 30.6 Å². The van der Waals surface area contributed by atoms with E-state index in [4.69, 9.17) is 0 Å². The molecule has 0 unspecified atom stereocenters. The number of unbranched alkanes of at least 4 members (excludes halogenated alkanes) is 1. The number of fused-ring (bicyclic) bond motifs is 1. The molecule has 23 heavy (non-hydrogen) atoms. The summed E-state index contributed by atoms with van der Waals surface area (Å²) in [6.07, 6.45) is 9.94. The lowest BCUT2D eigenvalue weighted by molar-refractivity contribution is 0.262. The van der Waals surface area contributed by atoms with Gasteiger partial charge in [0.1, 0.15) is 0 Å². The minimum atomic E-state index is -0.182. The Bertz CT molecular complexity index is 658. The SMILES string of the molecule is CCCCc1ccc(NC(=O)Nc2c[nH]c3c2CCCC3)cc1. The Hall–Kier alpha value is -2.23. The zero-order valence-electron chi connectivity index (χ0n) is 13.7. The van der Waals surface area contributed by atoms with Gasteiger partial charge in [-0.2, -0.15) is 0 Å². The van der Waals surface area contributed by atoms with E-state index < -0.39 is 0 Å². The van der Waals surface area contributed by atoms with E-state index in [0.29, 0.717) is 0 Å². The van der Waals surface area contributed by atoms with Gasteiger partial charge < -0.3 is 15.6 Å². The molecule has 0 saturated carbocycles. The Morgan fingerprint density at radius 1 is 1.13 bits per heavy atom. The second kappa shape index (κ2) is 7.36. The molecule has 1 aromatic heterocycles. The lowest BCUT2D eigenvalue weighted by Gasteiger charge is -2.13. The molecule has 1 aliphatic carbocycles. The molecule has 0 bridgehead atoms. The molecule has 0 radical (unpaired) electrons. The fourth-order valence-corrected chi connectivity index (χ4v) is 3.14. The lowest BCUT2D eigenvalue weighted by atomic mass is 9.97. The topological polar surface area (TPSA) is 56.9 Å². The fourth-order valence-electron chi connectivity index (χ4n) is 3.14. The molecule has 4 heteroatoms. The average Bonchev–Trinajstić information content (AvgIpc) is 2.97. The molecule has 1 heterocycles. The number of aryl methyl sites for hydroxylation is 2. The normalized spacial score (nSPS) is 13.4. The van der Waals surface area contributed by atoms with E-state index in [1.807, 2.05) is 18.3 Å². The van der Waals surface area contributed by atoms with Crippen LogP contribution >= 0.6 is 0 Å². The minimum Gasteiger partial charge on any atom is -0.363 e. The van der Waals surface area contributed by atoms with Gasteiger partial charge >= 0.3 is 6.03 Å². The number of rotatable bonds is 5. The molecule has 0 saturated heterocycles. The number of carbonyl (C=O) groups excluding carboxylic acids is 1. The molecule has 2 amide bonds. The first-order chi connectivity index (χ1) is 11.3. The van der Waals surface area contributed by atoms with Crippen molar-refractivity contribution in [2.75, 3.05) is 10.6 Å². The largest absolute Gasteiger partial charge is 0.363 e. The van der Waals surface area contributed by atoms with Crippen molar-refractivity contribution in [2.45, 2.75) is 51.9 Å². The molecule has 1 aliphatic rings. The zero-order chi connectivity index (χ0) is 16.1. The number of carbonyl (C=O) groups is 1. The Kier molecular flexibility index (Phi) is 5.01. The van der Waals surface area contributed by atoms with Crippen molar-refractivity contribution >= 4 is 17.4 Å². The van der Waals surface area contributed by atoms with Crippen LogP contribution in [0.2, 0.25) is 0 Å². The number of hydrogen-bond donors (Lipinski definition) is 3. The highest BCUT2D eigenvalue weighted by Crippen LogP contribution is 2.27. The summed E-state index contributed by atoms with van der Waals surface area (Å²) in [5.41, 5.74) is 5.59. The number of H-pyrrole nitrogens is 1. The monoisotopic (exact) mass is 311 g/mol. The first-order valence-electron chi connectivity index (χ1n) is 8.62. The van der Waals surface area contributed by atoms with Crippen LogP contribution in [0.25, 0.3) is 0 Å². The number of aromatic nitrogens is 1. The summed E-state index contributed by atoms with van der Waals surface area (Å²) in [5.74, 6) is 0. The van der Waals surface area contributed by atoms with Gasteiger partial charge in [-0.05, 0) is 61.8 Å². The van der Waals surface area contributed by atoms with Gasteiger partial charge in [-0.15, -0.1) is 0 Å². The van der Waals surface area contributed by atoms with Gasteiger partial charge in [-0.25, -0.2) is 4.79 Å². The van der Waals surface area contributed by atoms with Crippen LogP contribution in [0.5, 0.6) is 0 Å². The van der Waals surface area contributed by atoms with Crippen LogP contribution in [0.4, 0.5) is 16.2 Å². The predicted octanol–water partition coefficient (Wildman–Crippen LogP) is 4.88. The van der Waals surface area contributed by atoms with Gasteiger partial charge in [0.05, 0.1) is 5.69 Å². The van der Waals surface area contributed by atoms with Gasteiger partial charge in [-0.1, -0.05) is 25.5 Å². The van der Waals surface area contributed by atoms with Crippen LogP contribution in [-0.4, -0.2) is 11.0 Å². The van der Waals surface area contributed by atoms with Gasteiger partial charge in [0, 0.05) is 17.6 Å². The number of anilines is 2. The number of nitrogens with one attached hydrogen (secondary N) is 3. The summed E-state index contributed by atoms with van der Waals surface area (Å²) < 4.78 is 0. The average molecular weight is 311 g/mol. The minimum absolute atomic E-state index is 0.182. The molecule has 3 rings (SSSR count). The van der Waals surface area contributed by atoms with Crippen molar-refractivity contribution in [3.8, 4) is 0 Å². The third-order valence-corrected chi connectivity index (χ3v) is 4.46. The molecule has 0 fully saturated rings. The maximum Gasteiger partial charge on any atom is 0.323 e. The van der Waals surface area contributed by atoms with Crippen LogP contribution in [0.15, 0.2) is 30.5 Å². The maximum atomic E-state index is 12.2. The number of hydrogen-bond acceptors (Lipinski definition) is 1. The highest BCUT2D eigenvalue weighted by Gasteiger charge is 2.16. The number of aromatic amines is 1. The second-order valence-corrected chi connectivity index (χ2v) is 6.25. The van der Waals surface area contributed by atoms with Crippen molar-refractivity contribution < 1.29 is 4.79 Å². The molecule has 2 aromatic rings. The Labute approximate surface area is 137 Å². The standard InChI is InChI=1S/C19H25N3O/c1-2-3-6-14-9-11-15(12-10-14)21-19(23)22-18-13-20-17-8-5-4-7-16(17)18/h9-13,20H,2-8H2,1H3,(H2,21,22,23). The summed E-state index contributed by atoms with van der Waals surface area (Å²) in [5, 5.41) is 5.87. The van der Waals surface area contributed by atoms with Gasteiger partial charge in [0.15, 0.2) is 0 Å². The molecule has 0 atom stereocenters. The zero-order valence-corrected chi connectivity index (χ0v) is 13.7. The van der Waals surface area contributed by atoms with E-state index >= 15 is 0 Å². The molecule has 0 spiro atoms. The van der Waals surface area contributed by atoms with Crippen LogP contribution in [0.3, 0.4) is 0 Å². The first kappa shape index (κ1) is 15.7. The van der Waals surface area contributed by atoms with Gasteiger partial charge in [-0.3, -0.25) is 0 Å². The van der Waals surface area contributed by atoms with E-state index in [-0.39, 0.29) is 6.03 Å². The molecule has 1 aromatic carbocycles. The predicted molar refractivity (Wildman–Crippen MR) is 95.1 cm³/mol. The number of amides is 2. The molecule has 3 N–H and O–H groups in total. The van der Waals surface area contributed by atoms with Crippen LogP contribution in [0, 0.1) is 0 Å². The highest BCUT2D eigenvalue weighted by molar-refractivity contribution is 6.00. The van der Waals surface area contributed by atoms with E-state index in [2.05, 4.69) is 34.7 Å². The fraction of sp³-hybridized carbons (Fsp3) is 0.421. The summed E-state index contributed by atoms with van der Waals surface area (Å²) >= 11 is 0. The van der Waals surface area contributed by atoms with Crippen molar-refractivity contribution in [3.05, 3.63) is 47.3 Å². The van der Waals surface area contributed by atoms with Crippen molar-refractivity contribution in [1.82, 2.24) is 4.98 Å². The number of benzene rings is 1. The second-order valence-electron chi connectivity index (χ2n) is 6.25. The van der Waals surface area contributed by atoms with Crippen molar-refractivity contribution in [1.29, 1.82) is 0 Å². The Morgan fingerprint density at radius 2 is 1.91 bits per heavy atom. The van der Waals surface area contributed by atoms with Crippen LogP contribution in [0.1, 0.15) is 49.4 Å². The Balaban J connectivity index is 1.58. The highest BCUT2D eigenvalue weighted by atomic mass is 16.2. The quantitative estimate of drug-likeness (QED) is 0.724. The third-order valence-electron chi connectivity index (χ3n) is 4.46. The molecule has 122 valence electrons. The van der Waals surface area contributed by atoms with E-state index in [1.165, 1.54) is 42.5 Å². The van der Waals surface area contributed by atoms with E-state index in [9.17, 15) is 4.79 Å². The summed E-state index contributed by atoms with van der Waals surface area (Å²) in [6, 6.07) is 7.93. The summed E-state index contributed by atoms with van der Waals surface area (Å²) in [4.78, 5) is 15.5. The molecule has 4 nitrogen and oxygen atoms in total. The maximum absolute atomic E-state index is 12.2. The lowest BCUT2D eigenvalue weighted by Crippen LogP contribution is -2.20. The molecule has 0 aliphatic heterocycles. The number of urea groups is 1.